The van der Waals surface area contributed by atoms with E-state index in [2.05, 4.69) is 0 Å². The smallest absolute Gasteiger partial charge is 0.314 e. The third-order valence-electron chi connectivity index (χ3n) is 3.45. The molecule has 1 N–H and O–H groups in total. The fourth-order valence-corrected chi connectivity index (χ4v) is 2.23. The maximum absolute atomic E-state index is 13.5. The molecule has 2 nitrogen and oxygen atoms in total. The van der Waals surface area contributed by atoms with Crippen molar-refractivity contribution in [2.75, 3.05) is 0 Å². The summed E-state index contributed by atoms with van der Waals surface area (Å²) in [7, 11) is 0. The van der Waals surface area contributed by atoms with Crippen LogP contribution in [-0.2, 0) is 16.6 Å². The average Bonchev–Trinajstić information content (AvgIpc) is 2.99. The molecule has 0 spiro atoms. The standard InChI is InChI=1S/C13H15FO2/c1-3-9-7-10(8(2)6-11(9)14)13(4-5-13)12(15)16/h6-7H,3-5H2,1-2H3,(H,15,16). The zero-order chi connectivity index (χ0) is 11.9. The van der Waals surface area contributed by atoms with Crippen LogP contribution in [0.1, 0.15) is 36.5 Å². The van der Waals surface area contributed by atoms with E-state index < -0.39 is 11.4 Å². The maximum Gasteiger partial charge on any atom is 0.314 e. The summed E-state index contributed by atoms with van der Waals surface area (Å²) < 4.78 is 13.5. The first-order chi connectivity index (χ1) is 7.51. The van der Waals surface area contributed by atoms with Crippen LogP contribution in [0.4, 0.5) is 4.39 Å². The SMILES string of the molecule is CCc1cc(C2(C(=O)O)CC2)c(C)cc1F. The number of rotatable bonds is 3. The minimum absolute atomic E-state index is 0.232. The number of halogens is 1. The molecule has 2 rings (SSSR count). The number of carbonyl (C=O) groups is 1. The van der Waals surface area contributed by atoms with Gasteiger partial charge in [-0.25, -0.2) is 4.39 Å². The normalized spacial score (nSPS) is 17.2. The molecule has 86 valence electrons. The number of benzene rings is 1. The van der Waals surface area contributed by atoms with E-state index in [0.29, 0.717) is 24.8 Å². The van der Waals surface area contributed by atoms with Crippen molar-refractivity contribution in [2.45, 2.75) is 38.5 Å². The van der Waals surface area contributed by atoms with Crippen LogP contribution < -0.4 is 0 Å². The van der Waals surface area contributed by atoms with E-state index in [9.17, 15) is 14.3 Å². The Morgan fingerprint density at radius 2 is 2.12 bits per heavy atom. The summed E-state index contributed by atoms with van der Waals surface area (Å²) in [5, 5.41) is 9.22. The second kappa shape index (κ2) is 3.58. The summed E-state index contributed by atoms with van der Waals surface area (Å²) in [5.74, 6) is -1.02. The first kappa shape index (κ1) is 11.1. The molecule has 16 heavy (non-hydrogen) atoms. The van der Waals surface area contributed by atoms with Gasteiger partial charge >= 0.3 is 5.97 Å². The van der Waals surface area contributed by atoms with E-state index >= 15 is 0 Å². The zero-order valence-corrected chi connectivity index (χ0v) is 9.51. The molecule has 0 amide bonds. The van der Waals surface area contributed by atoms with Gasteiger partial charge in [-0.3, -0.25) is 4.79 Å². The highest BCUT2D eigenvalue weighted by atomic mass is 19.1. The van der Waals surface area contributed by atoms with E-state index in [1.165, 1.54) is 6.07 Å². The topological polar surface area (TPSA) is 37.3 Å². The van der Waals surface area contributed by atoms with Gasteiger partial charge in [0.05, 0.1) is 5.41 Å². The van der Waals surface area contributed by atoms with E-state index in [4.69, 9.17) is 0 Å². The fraction of sp³-hybridized carbons (Fsp3) is 0.462. The number of hydrogen-bond donors (Lipinski definition) is 1. The Morgan fingerprint density at radius 1 is 1.50 bits per heavy atom. The fourth-order valence-electron chi connectivity index (χ4n) is 2.23. The molecule has 0 bridgehead atoms. The van der Waals surface area contributed by atoms with Crippen LogP contribution in [0.15, 0.2) is 12.1 Å². The molecular formula is C13H15FO2. The third kappa shape index (κ3) is 1.51. The lowest BCUT2D eigenvalue weighted by Gasteiger charge is -2.15. The first-order valence-corrected chi connectivity index (χ1v) is 5.54. The second-order valence-electron chi connectivity index (χ2n) is 4.50. The predicted octanol–water partition coefficient (Wildman–Crippen LogP) is 2.81. The van der Waals surface area contributed by atoms with Crippen molar-refractivity contribution in [1.29, 1.82) is 0 Å². The molecule has 0 unspecified atom stereocenters. The molecule has 3 heteroatoms. The maximum atomic E-state index is 13.5. The highest BCUT2D eigenvalue weighted by Gasteiger charge is 2.52. The average molecular weight is 222 g/mol. The molecule has 0 heterocycles. The minimum Gasteiger partial charge on any atom is -0.481 e. The zero-order valence-electron chi connectivity index (χ0n) is 9.51. The minimum atomic E-state index is -0.788. The van der Waals surface area contributed by atoms with Gasteiger partial charge < -0.3 is 5.11 Å². The summed E-state index contributed by atoms with van der Waals surface area (Å²) in [5.41, 5.74) is 1.41. The van der Waals surface area contributed by atoms with Gasteiger partial charge in [-0.2, -0.15) is 0 Å². The van der Waals surface area contributed by atoms with Crippen LogP contribution in [-0.4, -0.2) is 11.1 Å². The molecule has 0 atom stereocenters. The van der Waals surface area contributed by atoms with Gasteiger partial charge in [0.2, 0.25) is 0 Å². The van der Waals surface area contributed by atoms with Crippen molar-refractivity contribution in [1.82, 2.24) is 0 Å². The van der Waals surface area contributed by atoms with Crippen molar-refractivity contribution >= 4 is 5.97 Å². The molecule has 0 radical (unpaired) electrons. The molecule has 1 aromatic carbocycles. The van der Waals surface area contributed by atoms with Gasteiger partial charge in [-0.1, -0.05) is 13.0 Å². The van der Waals surface area contributed by atoms with E-state index in [1.54, 1.807) is 13.0 Å². The van der Waals surface area contributed by atoms with E-state index in [1.807, 2.05) is 6.92 Å². The lowest BCUT2D eigenvalue weighted by Crippen LogP contribution is -2.21. The Hall–Kier alpha value is -1.38. The lowest BCUT2D eigenvalue weighted by atomic mass is 9.89. The Morgan fingerprint density at radius 3 is 2.56 bits per heavy atom. The molecule has 0 saturated heterocycles. The largest absolute Gasteiger partial charge is 0.481 e. The molecular weight excluding hydrogens is 207 g/mol. The van der Waals surface area contributed by atoms with Crippen molar-refractivity contribution in [3.05, 3.63) is 34.6 Å². The molecule has 1 aromatic rings. The van der Waals surface area contributed by atoms with Crippen molar-refractivity contribution in [2.24, 2.45) is 0 Å². The summed E-state index contributed by atoms with van der Waals surface area (Å²) >= 11 is 0. The molecule has 1 saturated carbocycles. The Labute approximate surface area is 94.1 Å². The number of hydrogen-bond acceptors (Lipinski definition) is 1. The quantitative estimate of drug-likeness (QED) is 0.853. The number of aliphatic carboxylic acids is 1. The molecule has 1 aliphatic carbocycles. The van der Waals surface area contributed by atoms with Gasteiger partial charge in [-0.05, 0) is 48.9 Å². The molecule has 0 aliphatic heterocycles. The summed E-state index contributed by atoms with van der Waals surface area (Å²) in [6.45, 7) is 3.65. The highest BCUT2D eigenvalue weighted by molar-refractivity contribution is 5.85. The third-order valence-corrected chi connectivity index (χ3v) is 3.45. The van der Waals surface area contributed by atoms with E-state index in [0.717, 1.165) is 11.1 Å². The Bertz CT molecular complexity index is 447. The number of carboxylic acid groups (broad SMARTS) is 1. The first-order valence-electron chi connectivity index (χ1n) is 5.54. The predicted molar refractivity (Wildman–Crippen MR) is 59.1 cm³/mol. The summed E-state index contributed by atoms with van der Waals surface area (Å²) in [6, 6.07) is 3.18. The molecule has 1 aliphatic rings. The van der Waals surface area contributed by atoms with Gasteiger partial charge in [0.15, 0.2) is 0 Å². The van der Waals surface area contributed by atoms with Crippen LogP contribution >= 0.6 is 0 Å². The molecule has 1 fully saturated rings. The second-order valence-corrected chi connectivity index (χ2v) is 4.50. The van der Waals surface area contributed by atoms with Crippen LogP contribution in [0, 0.1) is 12.7 Å². The summed E-state index contributed by atoms with van der Waals surface area (Å²) in [4.78, 5) is 11.2. The van der Waals surface area contributed by atoms with Crippen molar-refractivity contribution in [3.8, 4) is 0 Å². The Balaban J connectivity index is 2.53. The van der Waals surface area contributed by atoms with Gasteiger partial charge in [-0.15, -0.1) is 0 Å². The monoisotopic (exact) mass is 222 g/mol. The summed E-state index contributed by atoms with van der Waals surface area (Å²) in [6.07, 6.45) is 1.92. The van der Waals surface area contributed by atoms with Crippen molar-refractivity contribution in [3.63, 3.8) is 0 Å². The molecule has 0 aromatic heterocycles. The van der Waals surface area contributed by atoms with Crippen LogP contribution in [0.2, 0.25) is 0 Å². The van der Waals surface area contributed by atoms with Crippen LogP contribution in [0.25, 0.3) is 0 Å². The van der Waals surface area contributed by atoms with Crippen LogP contribution in [0.5, 0.6) is 0 Å². The van der Waals surface area contributed by atoms with Crippen molar-refractivity contribution < 1.29 is 14.3 Å². The van der Waals surface area contributed by atoms with Gasteiger partial charge in [0.1, 0.15) is 5.82 Å². The van der Waals surface area contributed by atoms with Crippen LogP contribution in [0.3, 0.4) is 0 Å². The van der Waals surface area contributed by atoms with Gasteiger partial charge in [0.25, 0.3) is 0 Å². The Kier molecular flexibility index (Phi) is 2.49. The van der Waals surface area contributed by atoms with Gasteiger partial charge in [0, 0.05) is 0 Å². The lowest BCUT2D eigenvalue weighted by molar-refractivity contribution is -0.140. The van der Waals surface area contributed by atoms with E-state index in [-0.39, 0.29) is 5.82 Å². The highest BCUT2D eigenvalue weighted by Crippen LogP contribution is 2.49. The number of aryl methyl sites for hydroxylation is 2. The number of carboxylic acids is 1.